The van der Waals surface area contributed by atoms with Gasteiger partial charge in [-0.05, 0) is 37.1 Å². The van der Waals surface area contributed by atoms with Crippen LogP contribution in [0.5, 0.6) is 5.75 Å². The molecular weight excluding hydrogens is 252 g/mol. The van der Waals surface area contributed by atoms with Crippen LogP contribution in [0.3, 0.4) is 0 Å². The molecule has 0 unspecified atom stereocenters. The van der Waals surface area contributed by atoms with Gasteiger partial charge in [0.2, 0.25) is 0 Å². The topological polar surface area (TPSA) is 66.0 Å². The van der Waals surface area contributed by atoms with Crippen LogP contribution in [0.15, 0.2) is 30.6 Å². The van der Waals surface area contributed by atoms with Gasteiger partial charge < -0.3 is 15.0 Å². The number of hydrogen-bond donors (Lipinski definition) is 1. The maximum atomic E-state index is 5.76. The van der Waals surface area contributed by atoms with Gasteiger partial charge in [-0.3, -0.25) is 0 Å². The Bertz CT molecular complexity index is 543. The molecule has 0 saturated heterocycles. The second-order valence-electron chi connectivity index (χ2n) is 5.30. The zero-order chi connectivity index (χ0) is 13.8. The molecule has 1 fully saturated rings. The number of aromatic nitrogens is 3. The monoisotopic (exact) mass is 272 g/mol. The van der Waals surface area contributed by atoms with Gasteiger partial charge >= 0.3 is 0 Å². The Morgan fingerprint density at radius 2 is 1.90 bits per heavy atom. The van der Waals surface area contributed by atoms with Gasteiger partial charge in [0.15, 0.2) is 5.82 Å². The van der Waals surface area contributed by atoms with E-state index in [1.54, 1.807) is 0 Å². The molecule has 1 heterocycles. The maximum Gasteiger partial charge on any atom is 0.171 e. The van der Waals surface area contributed by atoms with Gasteiger partial charge in [-0.25, -0.2) is 0 Å². The summed E-state index contributed by atoms with van der Waals surface area (Å²) in [5.41, 5.74) is 6.40. The van der Waals surface area contributed by atoms with Crippen LogP contribution in [0.1, 0.15) is 44.0 Å². The third-order valence-electron chi connectivity index (χ3n) is 3.86. The molecule has 3 rings (SSSR count). The quantitative estimate of drug-likeness (QED) is 0.869. The Kier molecular flexibility index (Phi) is 3.85. The Morgan fingerprint density at radius 1 is 1.15 bits per heavy atom. The average Bonchev–Trinajstić information content (AvgIpc) is 2.96. The Hall–Kier alpha value is -2.04. The van der Waals surface area contributed by atoms with Crippen molar-refractivity contribution in [3.05, 3.63) is 36.4 Å². The molecule has 20 heavy (non-hydrogen) atoms. The maximum absolute atomic E-state index is 5.76. The SMILES string of the molecule is Nc1ccc(OCc2nncn2C2CCCCC2)cc1. The fourth-order valence-electron chi connectivity index (χ4n) is 2.75. The number of anilines is 1. The minimum Gasteiger partial charge on any atom is -0.486 e. The molecule has 0 radical (unpaired) electrons. The van der Waals surface area contributed by atoms with E-state index in [4.69, 9.17) is 10.5 Å². The van der Waals surface area contributed by atoms with Gasteiger partial charge in [-0.2, -0.15) is 0 Å². The number of rotatable bonds is 4. The molecule has 1 aromatic carbocycles. The zero-order valence-corrected chi connectivity index (χ0v) is 11.5. The van der Waals surface area contributed by atoms with Crippen LogP contribution >= 0.6 is 0 Å². The van der Waals surface area contributed by atoms with Crippen LogP contribution in [0.2, 0.25) is 0 Å². The highest BCUT2D eigenvalue weighted by Crippen LogP contribution is 2.28. The van der Waals surface area contributed by atoms with E-state index in [-0.39, 0.29) is 0 Å². The summed E-state index contributed by atoms with van der Waals surface area (Å²) in [7, 11) is 0. The summed E-state index contributed by atoms with van der Waals surface area (Å²) < 4.78 is 7.94. The summed E-state index contributed by atoms with van der Waals surface area (Å²) in [6.45, 7) is 0.445. The highest BCUT2D eigenvalue weighted by atomic mass is 16.5. The molecule has 2 aromatic rings. The Labute approximate surface area is 118 Å². The molecule has 0 spiro atoms. The molecule has 0 atom stereocenters. The molecule has 1 aliphatic rings. The number of benzene rings is 1. The van der Waals surface area contributed by atoms with Crippen LogP contribution in [0.25, 0.3) is 0 Å². The van der Waals surface area contributed by atoms with Crippen molar-refractivity contribution >= 4 is 5.69 Å². The minimum absolute atomic E-state index is 0.445. The molecular formula is C15H20N4O. The predicted octanol–water partition coefficient (Wildman–Crippen LogP) is 2.94. The van der Waals surface area contributed by atoms with Crippen molar-refractivity contribution in [1.29, 1.82) is 0 Å². The van der Waals surface area contributed by atoms with E-state index in [0.29, 0.717) is 12.6 Å². The van der Waals surface area contributed by atoms with Gasteiger partial charge in [-0.1, -0.05) is 19.3 Å². The van der Waals surface area contributed by atoms with Crippen molar-refractivity contribution in [3.63, 3.8) is 0 Å². The predicted molar refractivity (Wildman–Crippen MR) is 77.3 cm³/mol. The van der Waals surface area contributed by atoms with E-state index in [2.05, 4.69) is 14.8 Å². The summed E-state index contributed by atoms with van der Waals surface area (Å²) in [5.74, 6) is 1.70. The fourth-order valence-corrected chi connectivity index (χ4v) is 2.75. The highest BCUT2D eigenvalue weighted by molar-refractivity contribution is 5.41. The van der Waals surface area contributed by atoms with Crippen molar-refractivity contribution in [2.75, 3.05) is 5.73 Å². The van der Waals surface area contributed by atoms with Gasteiger partial charge in [0.05, 0.1) is 0 Å². The second kappa shape index (κ2) is 5.94. The molecule has 1 aromatic heterocycles. The molecule has 0 aliphatic heterocycles. The highest BCUT2D eigenvalue weighted by Gasteiger charge is 2.18. The molecule has 2 N–H and O–H groups in total. The average molecular weight is 272 g/mol. The smallest absolute Gasteiger partial charge is 0.171 e. The first kappa shape index (κ1) is 13.0. The first-order chi connectivity index (χ1) is 9.83. The van der Waals surface area contributed by atoms with Crippen LogP contribution in [-0.4, -0.2) is 14.8 Å². The molecule has 5 heteroatoms. The van der Waals surface area contributed by atoms with Crippen molar-refractivity contribution in [2.45, 2.75) is 44.8 Å². The van der Waals surface area contributed by atoms with Gasteiger partial charge in [-0.15, -0.1) is 10.2 Å². The third kappa shape index (κ3) is 2.92. The van der Waals surface area contributed by atoms with Gasteiger partial charge in [0, 0.05) is 11.7 Å². The first-order valence-corrected chi connectivity index (χ1v) is 7.19. The molecule has 0 amide bonds. The fraction of sp³-hybridized carbons (Fsp3) is 0.467. The van der Waals surface area contributed by atoms with E-state index < -0.39 is 0 Å². The first-order valence-electron chi connectivity index (χ1n) is 7.19. The van der Waals surface area contributed by atoms with Crippen LogP contribution in [-0.2, 0) is 6.61 Å². The lowest BCUT2D eigenvalue weighted by molar-refractivity contribution is 0.271. The Balaban J connectivity index is 1.65. The standard InChI is InChI=1S/C15H20N4O/c16-12-6-8-14(9-7-12)20-10-15-18-17-11-19(15)13-4-2-1-3-5-13/h6-9,11,13H,1-5,10,16H2. The summed E-state index contributed by atoms with van der Waals surface area (Å²) >= 11 is 0. The van der Waals surface area contributed by atoms with Crippen LogP contribution in [0.4, 0.5) is 5.69 Å². The van der Waals surface area contributed by atoms with Crippen LogP contribution < -0.4 is 10.5 Å². The minimum atomic E-state index is 0.445. The largest absolute Gasteiger partial charge is 0.486 e. The van der Waals surface area contributed by atoms with Crippen molar-refractivity contribution in [2.24, 2.45) is 0 Å². The van der Waals surface area contributed by atoms with E-state index in [9.17, 15) is 0 Å². The molecule has 106 valence electrons. The molecule has 1 saturated carbocycles. The van der Waals surface area contributed by atoms with Crippen molar-refractivity contribution in [3.8, 4) is 5.75 Å². The lowest BCUT2D eigenvalue weighted by atomic mass is 9.95. The normalized spacial score (nSPS) is 16.2. The van der Waals surface area contributed by atoms with Gasteiger partial charge in [0.1, 0.15) is 18.7 Å². The number of hydrogen-bond acceptors (Lipinski definition) is 4. The summed E-state index contributed by atoms with van der Waals surface area (Å²) in [6, 6.07) is 7.94. The van der Waals surface area contributed by atoms with Gasteiger partial charge in [0.25, 0.3) is 0 Å². The number of nitrogen functional groups attached to an aromatic ring is 1. The van der Waals surface area contributed by atoms with Crippen molar-refractivity contribution < 1.29 is 4.74 Å². The zero-order valence-electron chi connectivity index (χ0n) is 11.5. The van der Waals surface area contributed by atoms with E-state index in [0.717, 1.165) is 17.3 Å². The lowest BCUT2D eigenvalue weighted by Crippen LogP contribution is -2.16. The van der Waals surface area contributed by atoms with Crippen LogP contribution in [0, 0.1) is 0 Å². The van der Waals surface area contributed by atoms with E-state index in [1.807, 2.05) is 30.6 Å². The summed E-state index contributed by atoms with van der Waals surface area (Å²) in [6.07, 6.45) is 8.19. The van der Waals surface area contributed by atoms with E-state index >= 15 is 0 Å². The molecule has 0 bridgehead atoms. The van der Waals surface area contributed by atoms with E-state index in [1.165, 1.54) is 32.1 Å². The Morgan fingerprint density at radius 3 is 2.65 bits per heavy atom. The second-order valence-corrected chi connectivity index (χ2v) is 5.30. The number of ether oxygens (including phenoxy) is 1. The molecule has 5 nitrogen and oxygen atoms in total. The molecule has 1 aliphatic carbocycles. The summed E-state index contributed by atoms with van der Waals surface area (Å²) in [5, 5.41) is 8.22. The van der Waals surface area contributed by atoms with Crippen molar-refractivity contribution in [1.82, 2.24) is 14.8 Å². The third-order valence-corrected chi connectivity index (χ3v) is 3.86. The number of nitrogens with two attached hydrogens (primary N) is 1. The lowest BCUT2D eigenvalue weighted by Gasteiger charge is -2.23. The number of nitrogens with zero attached hydrogens (tertiary/aromatic N) is 3. The summed E-state index contributed by atoms with van der Waals surface area (Å²) in [4.78, 5) is 0.